The molecule has 0 fully saturated rings. The second kappa shape index (κ2) is 7.76. The number of carbonyl (C=O) groups is 1. The molecular formula is C18H14FNO3. The molecule has 2 aromatic rings. The molecule has 0 amide bonds. The minimum Gasteiger partial charge on any atom is -0.494 e. The maximum absolute atomic E-state index is 13.6. The van der Waals surface area contributed by atoms with E-state index in [0.29, 0.717) is 16.9 Å². The number of rotatable bonds is 6. The van der Waals surface area contributed by atoms with Gasteiger partial charge in [0.05, 0.1) is 7.11 Å². The van der Waals surface area contributed by atoms with Gasteiger partial charge in [0.25, 0.3) is 0 Å². The van der Waals surface area contributed by atoms with Gasteiger partial charge in [-0.3, -0.25) is 4.79 Å². The summed E-state index contributed by atoms with van der Waals surface area (Å²) in [5.74, 6) is -0.0279. The highest BCUT2D eigenvalue weighted by molar-refractivity contribution is 6.06. The number of methoxy groups -OCH3 is 1. The van der Waals surface area contributed by atoms with Crippen molar-refractivity contribution in [1.29, 1.82) is 5.26 Å². The Morgan fingerprint density at radius 2 is 2.00 bits per heavy atom. The van der Waals surface area contributed by atoms with Crippen LogP contribution >= 0.6 is 0 Å². The molecule has 2 rings (SSSR count). The lowest BCUT2D eigenvalue weighted by Crippen LogP contribution is -1.96. The van der Waals surface area contributed by atoms with Crippen LogP contribution in [0.3, 0.4) is 0 Å². The third-order valence-corrected chi connectivity index (χ3v) is 3.05. The van der Waals surface area contributed by atoms with E-state index in [1.165, 1.54) is 31.4 Å². The molecular weight excluding hydrogens is 297 g/mol. The molecule has 0 aliphatic carbocycles. The number of hydrogen-bond donors (Lipinski definition) is 0. The van der Waals surface area contributed by atoms with Gasteiger partial charge in [-0.05, 0) is 48.0 Å². The van der Waals surface area contributed by atoms with Crippen molar-refractivity contribution in [2.45, 2.75) is 0 Å². The van der Waals surface area contributed by atoms with E-state index in [4.69, 9.17) is 14.7 Å². The number of nitrogens with zero attached hydrogens (tertiary/aromatic N) is 1. The van der Waals surface area contributed by atoms with Gasteiger partial charge in [-0.2, -0.15) is 5.26 Å². The summed E-state index contributed by atoms with van der Waals surface area (Å²) in [6.07, 6.45) is 2.90. The van der Waals surface area contributed by atoms with Gasteiger partial charge in [-0.15, -0.1) is 0 Å². The zero-order chi connectivity index (χ0) is 16.7. The van der Waals surface area contributed by atoms with Gasteiger partial charge in [0.15, 0.2) is 24.0 Å². The fraction of sp³-hybridized carbons (Fsp3) is 0.111. The monoisotopic (exact) mass is 311 g/mol. The summed E-state index contributed by atoms with van der Waals surface area (Å²) in [7, 11) is 1.39. The highest BCUT2D eigenvalue weighted by Gasteiger charge is 2.04. The lowest BCUT2D eigenvalue weighted by molar-refractivity contribution is 0.104. The molecule has 0 heterocycles. The number of carbonyl (C=O) groups excluding carboxylic acids is 1. The first-order valence-electron chi connectivity index (χ1n) is 6.80. The van der Waals surface area contributed by atoms with Crippen molar-refractivity contribution in [3.8, 4) is 17.6 Å². The number of nitriles is 1. The Morgan fingerprint density at radius 3 is 2.61 bits per heavy atom. The van der Waals surface area contributed by atoms with Crippen molar-refractivity contribution in [3.63, 3.8) is 0 Å². The third-order valence-electron chi connectivity index (χ3n) is 3.05. The summed E-state index contributed by atoms with van der Waals surface area (Å²) in [6.45, 7) is -0.0454. The van der Waals surface area contributed by atoms with Gasteiger partial charge in [0.2, 0.25) is 0 Å². The number of ketones is 1. The second-order valence-corrected chi connectivity index (χ2v) is 4.56. The number of benzene rings is 2. The zero-order valence-corrected chi connectivity index (χ0v) is 12.5. The van der Waals surface area contributed by atoms with Crippen molar-refractivity contribution in [2.75, 3.05) is 13.7 Å². The molecule has 23 heavy (non-hydrogen) atoms. The largest absolute Gasteiger partial charge is 0.494 e. The smallest absolute Gasteiger partial charge is 0.185 e. The summed E-state index contributed by atoms with van der Waals surface area (Å²) in [5, 5.41) is 8.43. The summed E-state index contributed by atoms with van der Waals surface area (Å²) in [5.41, 5.74) is 1.03. The van der Waals surface area contributed by atoms with E-state index in [9.17, 15) is 9.18 Å². The van der Waals surface area contributed by atoms with Crippen LogP contribution in [0.1, 0.15) is 15.9 Å². The first kappa shape index (κ1) is 16.2. The van der Waals surface area contributed by atoms with E-state index in [1.807, 2.05) is 6.07 Å². The minimum absolute atomic E-state index is 0.0454. The maximum atomic E-state index is 13.6. The van der Waals surface area contributed by atoms with E-state index >= 15 is 0 Å². The number of allylic oxidation sites excluding steroid dienone is 1. The van der Waals surface area contributed by atoms with Crippen LogP contribution in [0.25, 0.3) is 6.08 Å². The quantitative estimate of drug-likeness (QED) is 0.604. The van der Waals surface area contributed by atoms with Crippen molar-refractivity contribution >= 4 is 11.9 Å². The van der Waals surface area contributed by atoms with Crippen LogP contribution in [-0.2, 0) is 0 Å². The van der Waals surface area contributed by atoms with Crippen LogP contribution in [0.2, 0.25) is 0 Å². The van der Waals surface area contributed by atoms with Crippen LogP contribution in [0.4, 0.5) is 4.39 Å². The van der Waals surface area contributed by atoms with Gasteiger partial charge in [0.1, 0.15) is 11.8 Å². The lowest BCUT2D eigenvalue weighted by Gasteiger charge is -2.03. The van der Waals surface area contributed by atoms with Gasteiger partial charge < -0.3 is 9.47 Å². The van der Waals surface area contributed by atoms with E-state index in [0.717, 1.165) is 0 Å². The molecule has 0 spiro atoms. The Morgan fingerprint density at radius 1 is 1.26 bits per heavy atom. The van der Waals surface area contributed by atoms with Crippen molar-refractivity contribution in [3.05, 3.63) is 65.5 Å². The minimum atomic E-state index is -0.485. The van der Waals surface area contributed by atoms with Crippen LogP contribution in [0, 0.1) is 17.1 Å². The van der Waals surface area contributed by atoms with E-state index in [1.54, 1.807) is 30.3 Å². The molecule has 2 aromatic carbocycles. The SMILES string of the molecule is COc1ccc(/C=C/C(=O)c2ccc(OCC#N)cc2)cc1F. The van der Waals surface area contributed by atoms with Gasteiger partial charge in [-0.25, -0.2) is 4.39 Å². The zero-order valence-electron chi connectivity index (χ0n) is 12.5. The Bertz CT molecular complexity index is 761. The highest BCUT2D eigenvalue weighted by Crippen LogP contribution is 2.19. The molecule has 0 radical (unpaired) electrons. The predicted molar refractivity (Wildman–Crippen MR) is 83.9 cm³/mol. The highest BCUT2D eigenvalue weighted by atomic mass is 19.1. The van der Waals surface area contributed by atoms with Crippen molar-refractivity contribution in [1.82, 2.24) is 0 Å². The average molecular weight is 311 g/mol. The summed E-state index contributed by atoms with van der Waals surface area (Å²) >= 11 is 0. The molecule has 0 saturated carbocycles. The van der Waals surface area contributed by atoms with E-state index in [-0.39, 0.29) is 18.1 Å². The molecule has 0 N–H and O–H groups in total. The molecule has 0 bridgehead atoms. The normalized spacial score (nSPS) is 10.3. The van der Waals surface area contributed by atoms with Crippen molar-refractivity contribution in [2.24, 2.45) is 0 Å². The Labute approximate surface area is 133 Å². The molecule has 0 aromatic heterocycles. The fourth-order valence-corrected chi connectivity index (χ4v) is 1.89. The van der Waals surface area contributed by atoms with Crippen LogP contribution in [-0.4, -0.2) is 19.5 Å². The third kappa shape index (κ3) is 4.42. The predicted octanol–water partition coefficient (Wildman–Crippen LogP) is 3.63. The molecule has 0 aliphatic heterocycles. The molecule has 0 atom stereocenters. The summed E-state index contributed by atoms with van der Waals surface area (Å²) in [6, 6.07) is 12.8. The van der Waals surface area contributed by atoms with E-state index in [2.05, 4.69) is 0 Å². The molecule has 5 heteroatoms. The van der Waals surface area contributed by atoms with Crippen LogP contribution in [0.5, 0.6) is 11.5 Å². The number of ether oxygens (including phenoxy) is 2. The van der Waals surface area contributed by atoms with Crippen molar-refractivity contribution < 1.29 is 18.7 Å². The average Bonchev–Trinajstić information content (AvgIpc) is 2.58. The van der Waals surface area contributed by atoms with Gasteiger partial charge in [-0.1, -0.05) is 12.1 Å². The van der Waals surface area contributed by atoms with Gasteiger partial charge >= 0.3 is 0 Å². The molecule has 0 aliphatic rings. The molecule has 116 valence electrons. The second-order valence-electron chi connectivity index (χ2n) is 4.56. The fourth-order valence-electron chi connectivity index (χ4n) is 1.89. The maximum Gasteiger partial charge on any atom is 0.185 e. The molecule has 0 unspecified atom stereocenters. The Kier molecular flexibility index (Phi) is 5.48. The Balaban J connectivity index is 2.06. The number of hydrogen-bond acceptors (Lipinski definition) is 4. The first-order chi connectivity index (χ1) is 11.1. The van der Waals surface area contributed by atoms with Crippen LogP contribution < -0.4 is 9.47 Å². The Hall–Kier alpha value is -3.13. The number of halogens is 1. The standard InChI is InChI=1S/C18H14FNO3/c1-22-18-9-3-13(12-16(18)19)2-8-17(21)14-4-6-15(7-5-14)23-11-10-20/h2-9,12H,11H2,1H3/b8-2+. The first-order valence-corrected chi connectivity index (χ1v) is 6.80. The lowest BCUT2D eigenvalue weighted by atomic mass is 10.1. The van der Waals surface area contributed by atoms with E-state index < -0.39 is 5.82 Å². The van der Waals surface area contributed by atoms with Crippen LogP contribution in [0.15, 0.2) is 48.5 Å². The molecule has 4 nitrogen and oxygen atoms in total. The molecule has 0 saturated heterocycles. The summed E-state index contributed by atoms with van der Waals surface area (Å²) in [4.78, 5) is 12.1. The van der Waals surface area contributed by atoms with Gasteiger partial charge in [0, 0.05) is 5.56 Å². The summed E-state index contributed by atoms with van der Waals surface area (Å²) < 4.78 is 23.5. The topological polar surface area (TPSA) is 59.3 Å².